The average molecular weight is 192 g/mol. The van der Waals surface area contributed by atoms with Crippen molar-refractivity contribution >= 4 is 0 Å². The van der Waals surface area contributed by atoms with Crippen LogP contribution in [-0.2, 0) is 0 Å². The topological polar surface area (TPSA) is 20.2 Å². The van der Waals surface area contributed by atoms with Crippen molar-refractivity contribution in [1.82, 2.24) is 0 Å². The molecule has 0 saturated heterocycles. The van der Waals surface area contributed by atoms with Crippen molar-refractivity contribution in [3.8, 4) is 0 Å². The molecule has 1 unspecified atom stereocenters. The zero-order valence-corrected chi connectivity index (χ0v) is 9.54. The molecule has 1 atom stereocenters. The molecule has 0 aromatic heterocycles. The first-order valence-corrected chi connectivity index (χ1v) is 5.26. The van der Waals surface area contributed by atoms with Crippen LogP contribution in [0.4, 0.5) is 0 Å². The lowest BCUT2D eigenvalue weighted by Gasteiger charge is -2.16. The fourth-order valence-corrected chi connectivity index (χ4v) is 1.69. The van der Waals surface area contributed by atoms with Crippen LogP contribution in [-0.4, -0.2) is 5.11 Å². The van der Waals surface area contributed by atoms with Crippen LogP contribution in [0.3, 0.4) is 0 Å². The van der Waals surface area contributed by atoms with Gasteiger partial charge in [0.2, 0.25) is 0 Å². The lowest BCUT2D eigenvalue weighted by molar-refractivity contribution is 0.150. The molecule has 1 rings (SSSR count). The maximum Gasteiger partial charge on any atom is 0.0795 e. The normalized spacial score (nSPS) is 13.3. The quantitative estimate of drug-likeness (QED) is 0.778. The van der Waals surface area contributed by atoms with E-state index in [1.54, 1.807) is 0 Å². The van der Waals surface area contributed by atoms with Crippen molar-refractivity contribution in [2.24, 2.45) is 5.92 Å². The standard InChI is InChI=1S/C13H20O/c1-9(2)7-13(14)12-8-10(3)5-6-11(12)4/h5-6,8-9,13-14H,7H2,1-4H3. The second kappa shape index (κ2) is 4.61. The van der Waals surface area contributed by atoms with Crippen molar-refractivity contribution in [3.05, 3.63) is 34.9 Å². The molecule has 0 bridgehead atoms. The minimum atomic E-state index is -0.310. The third-order valence-corrected chi connectivity index (χ3v) is 2.49. The van der Waals surface area contributed by atoms with Gasteiger partial charge in [0.1, 0.15) is 0 Å². The van der Waals surface area contributed by atoms with E-state index in [-0.39, 0.29) is 6.10 Å². The molecular formula is C13H20O. The van der Waals surface area contributed by atoms with Crippen LogP contribution in [0.25, 0.3) is 0 Å². The van der Waals surface area contributed by atoms with Gasteiger partial charge in [0.25, 0.3) is 0 Å². The van der Waals surface area contributed by atoms with E-state index in [4.69, 9.17) is 0 Å². The number of hydrogen-bond acceptors (Lipinski definition) is 1. The molecule has 1 nitrogen and oxygen atoms in total. The third kappa shape index (κ3) is 2.85. The van der Waals surface area contributed by atoms with E-state index in [2.05, 4.69) is 45.9 Å². The first-order valence-electron chi connectivity index (χ1n) is 5.26. The number of benzene rings is 1. The highest BCUT2D eigenvalue weighted by molar-refractivity contribution is 5.32. The van der Waals surface area contributed by atoms with Gasteiger partial charge < -0.3 is 5.11 Å². The molecule has 0 radical (unpaired) electrons. The molecule has 1 aromatic carbocycles. The van der Waals surface area contributed by atoms with Gasteiger partial charge in [0, 0.05) is 0 Å². The van der Waals surface area contributed by atoms with Gasteiger partial charge in [-0.25, -0.2) is 0 Å². The fraction of sp³-hybridized carbons (Fsp3) is 0.538. The average Bonchev–Trinajstić information content (AvgIpc) is 2.08. The lowest BCUT2D eigenvalue weighted by atomic mass is 9.95. The second-order valence-electron chi connectivity index (χ2n) is 4.51. The Morgan fingerprint density at radius 3 is 2.43 bits per heavy atom. The summed E-state index contributed by atoms with van der Waals surface area (Å²) in [6.45, 7) is 8.38. The summed E-state index contributed by atoms with van der Waals surface area (Å²) >= 11 is 0. The van der Waals surface area contributed by atoms with E-state index >= 15 is 0 Å². The molecule has 1 N–H and O–H groups in total. The SMILES string of the molecule is Cc1ccc(C)c(C(O)CC(C)C)c1. The molecule has 0 aliphatic heterocycles. The Morgan fingerprint density at radius 2 is 1.86 bits per heavy atom. The number of aliphatic hydroxyl groups excluding tert-OH is 1. The largest absolute Gasteiger partial charge is 0.388 e. The molecular weight excluding hydrogens is 172 g/mol. The smallest absolute Gasteiger partial charge is 0.0795 e. The molecule has 1 heteroatoms. The first-order chi connectivity index (χ1) is 6.50. The highest BCUT2D eigenvalue weighted by Gasteiger charge is 2.11. The van der Waals surface area contributed by atoms with E-state index in [1.807, 2.05) is 0 Å². The van der Waals surface area contributed by atoms with Crippen molar-refractivity contribution in [3.63, 3.8) is 0 Å². The fourth-order valence-electron chi connectivity index (χ4n) is 1.69. The number of rotatable bonds is 3. The lowest BCUT2D eigenvalue weighted by Crippen LogP contribution is -2.04. The van der Waals surface area contributed by atoms with Gasteiger partial charge >= 0.3 is 0 Å². The Morgan fingerprint density at radius 1 is 1.21 bits per heavy atom. The van der Waals surface area contributed by atoms with Crippen molar-refractivity contribution in [1.29, 1.82) is 0 Å². The van der Waals surface area contributed by atoms with Gasteiger partial charge in [-0.2, -0.15) is 0 Å². The summed E-state index contributed by atoms with van der Waals surface area (Å²) in [6, 6.07) is 6.25. The maximum atomic E-state index is 10.00. The Hall–Kier alpha value is -0.820. The highest BCUT2D eigenvalue weighted by atomic mass is 16.3. The molecule has 0 amide bonds. The number of aryl methyl sites for hydroxylation is 2. The zero-order valence-electron chi connectivity index (χ0n) is 9.54. The summed E-state index contributed by atoms with van der Waals surface area (Å²) in [5.41, 5.74) is 3.48. The Labute approximate surface area is 86.8 Å². The summed E-state index contributed by atoms with van der Waals surface area (Å²) < 4.78 is 0. The van der Waals surface area contributed by atoms with Crippen molar-refractivity contribution in [2.45, 2.75) is 40.2 Å². The molecule has 0 saturated carbocycles. The van der Waals surface area contributed by atoms with Gasteiger partial charge in [-0.3, -0.25) is 0 Å². The molecule has 0 fully saturated rings. The van der Waals surface area contributed by atoms with Crippen LogP contribution in [0, 0.1) is 19.8 Å². The van der Waals surface area contributed by atoms with Crippen LogP contribution in [0.5, 0.6) is 0 Å². The Balaban J connectivity index is 2.88. The second-order valence-corrected chi connectivity index (χ2v) is 4.51. The van der Waals surface area contributed by atoms with Gasteiger partial charge in [0.15, 0.2) is 0 Å². The summed E-state index contributed by atoms with van der Waals surface area (Å²) in [5.74, 6) is 0.532. The minimum Gasteiger partial charge on any atom is -0.388 e. The molecule has 14 heavy (non-hydrogen) atoms. The predicted octanol–water partition coefficient (Wildman–Crippen LogP) is 3.38. The molecule has 0 aliphatic rings. The Kier molecular flexibility index (Phi) is 3.70. The van der Waals surface area contributed by atoms with Gasteiger partial charge in [-0.05, 0) is 37.3 Å². The highest BCUT2D eigenvalue weighted by Crippen LogP contribution is 2.24. The molecule has 0 aliphatic carbocycles. The summed E-state index contributed by atoms with van der Waals surface area (Å²) in [5, 5.41) is 10.00. The third-order valence-electron chi connectivity index (χ3n) is 2.49. The van der Waals surface area contributed by atoms with Crippen LogP contribution in [0.15, 0.2) is 18.2 Å². The van der Waals surface area contributed by atoms with Gasteiger partial charge in [-0.1, -0.05) is 37.6 Å². The van der Waals surface area contributed by atoms with Crippen LogP contribution >= 0.6 is 0 Å². The van der Waals surface area contributed by atoms with Crippen LogP contribution in [0.2, 0.25) is 0 Å². The van der Waals surface area contributed by atoms with Crippen LogP contribution < -0.4 is 0 Å². The van der Waals surface area contributed by atoms with E-state index in [0.717, 1.165) is 12.0 Å². The molecule has 1 aromatic rings. The maximum absolute atomic E-state index is 10.00. The Bertz CT molecular complexity index is 302. The number of hydrogen-bond donors (Lipinski definition) is 1. The minimum absolute atomic E-state index is 0.310. The first kappa shape index (κ1) is 11.3. The van der Waals surface area contributed by atoms with E-state index in [1.165, 1.54) is 11.1 Å². The monoisotopic (exact) mass is 192 g/mol. The van der Waals surface area contributed by atoms with E-state index in [0.29, 0.717) is 5.92 Å². The molecule has 78 valence electrons. The molecule has 0 heterocycles. The van der Waals surface area contributed by atoms with Crippen molar-refractivity contribution < 1.29 is 5.11 Å². The van der Waals surface area contributed by atoms with E-state index < -0.39 is 0 Å². The van der Waals surface area contributed by atoms with Crippen molar-refractivity contribution in [2.75, 3.05) is 0 Å². The van der Waals surface area contributed by atoms with E-state index in [9.17, 15) is 5.11 Å². The number of aliphatic hydroxyl groups is 1. The van der Waals surface area contributed by atoms with Gasteiger partial charge in [-0.15, -0.1) is 0 Å². The summed E-state index contributed by atoms with van der Waals surface area (Å²) in [7, 11) is 0. The zero-order chi connectivity index (χ0) is 10.7. The molecule has 0 spiro atoms. The summed E-state index contributed by atoms with van der Waals surface area (Å²) in [6.07, 6.45) is 0.527. The van der Waals surface area contributed by atoms with Crippen LogP contribution in [0.1, 0.15) is 43.1 Å². The summed E-state index contributed by atoms with van der Waals surface area (Å²) in [4.78, 5) is 0. The predicted molar refractivity (Wildman–Crippen MR) is 60.3 cm³/mol. The van der Waals surface area contributed by atoms with Gasteiger partial charge in [0.05, 0.1) is 6.10 Å².